The van der Waals surface area contributed by atoms with E-state index in [0.717, 1.165) is 25.6 Å². The molecule has 6 heteroatoms. The molecule has 0 spiro atoms. The molecule has 1 atom stereocenters. The third-order valence-corrected chi connectivity index (χ3v) is 6.77. The Morgan fingerprint density at radius 3 is 2.26 bits per heavy atom. The summed E-state index contributed by atoms with van der Waals surface area (Å²) in [6.45, 7) is 7.86. The summed E-state index contributed by atoms with van der Waals surface area (Å²) in [5.41, 5.74) is 4.72. The van der Waals surface area contributed by atoms with E-state index in [0.29, 0.717) is 0 Å². The Balaban J connectivity index is 2.55. The minimum atomic E-state index is -2.48. The van der Waals surface area contributed by atoms with Gasteiger partial charge in [0.05, 0.1) is 6.04 Å². The van der Waals surface area contributed by atoms with Gasteiger partial charge in [0.1, 0.15) is 0 Å². The zero-order chi connectivity index (χ0) is 17.1. The van der Waals surface area contributed by atoms with Crippen LogP contribution in [-0.4, -0.2) is 48.2 Å². The maximum Gasteiger partial charge on any atom is 0.500 e. The molecule has 5 nitrogen and oxygen atoms in total. The largest absolute Gasteiger partial charge is 0.500 e. The minimum absolute atomic E-state index is 0.102. The van der Waals surface area contributed by atoms with Gasteiger partial charge in [-0.15, -0.1) is 6.58 Å². The van der Waals surface area contributed by atoms with Crippen molar-refractivity contribution >= 4 is 8.80 Å². The summed E-state index contributed by atoms with van der Waals surface area (Å²) in [4.78, 5) is 0. The van der Waals surface area contributed by atoms with Gasteiger partial charge < -0.3 is 13.3 Å². The van der Waals surface area contributed by atoms with Gasteiger partial charge in [-0.3, -0.25) is 0 Å². The molecule has 0 radical (unpaired) electrons. The standard InChI is InChI=1S/C17H30N2O3Si/c1-6-17(16-12-9-8-10-13-16)18-19(7-2)14-11-15-23(20-3,21-4)22-5/h6,8-10,12-13,17-18H,1,7,11,14-15H2,2-5H3. The molecule has 1 unspecified atom stereocenters. The van der Waals surface area contributed by atoms with E-state index in [2.05, 4.69) is 36.1 Å². The second kappa shape index (κ2) is 10.7. The lowest BCUT2D eigenvalue weighted by Gasteiger charge is -2.29. The first-order chi connectivity index (χ1) is 11.1. The molecule has 1 aromatic rings. The predicted octanol–water partition coefficient (Wildman–Crippen LogP) is 3.01. The lowest BCUT2D eigenvalue weighted by Crippen LogP contribution is -2.45. The Morgan fingerprint density at radius 1 is 1.17 bits per heavy atom. The second-order valence-electron chi connectivity index (χ2n) is 5.23. The Bertz CT molecular complexity index is 432. The van der Waals surface area contributed by atoms with Crippen LogP contribution in [-0.2, 0) is 13.3 Å². The molecular weight excluding hydrogens is 308 g/mol. The van der Waals surface area contributed by atoms with Crippen LogP contribution in [0.25, 0.3) is 0 Å². The molecule has 0 fully saturated rings. The van der Waals surface area contributed by atoms with Gasteiger partial charge in [-0.1, -0.05) is 43.3 Å². The molecular formula is C17H30N2O3Si. The van der Waals surface area contributed by atoms with Crippen LogP contribution in [0.3, 0.4) is 0 Å². The van der Waals surface area contributed by atoms with E-state index in [1.54, 1.807) is 21.3 Å². The van der Waals surface area contributed by atoms with Gasteiger partial charge in [-0.05, 0) is 12.0 Å². The van der Waals surface area contributed by atoms with Crippen molar-refractivity contribution in [2.24, 2.45) is 0 Å². The Labute approximate surface area is 141 Å². The van der Waals surface area contributed by atoms with Crippen molar-refractivity contribution in [3.05, 3.63) is 48.6 Å². The van der Waals surface area contributed by atoms with Crippen molar-refractivity contribution in [3.63, 3.8) is 0 Å². The SMILES string of the molecule is C=CC(NN(CC)CCC[Si](OC)(OC)OC)c1ccccc1. The first-order valence-corrected chi connectivity index (χ1v) is 9.92. The molecule has 1 N–H and O–H groups in total. The predicted molar refractivity (Wildman–Crippen MR) is 96.0 cm³/mol. The van der Waals surface area contributed by atoms with Gasteiger partial charge >= 0.3 is 8.80 Å². The quantitative estimate of drug-likeness (QED) is 0.360. The average molecular weight is 339 g/mol. The Morgan fingerprint density at radius 2 is 1.78 bits per heavy atom. The van der Waals surface area contributed by atoms with Crippen LogP contribution >= 0.6 is 0 Å². The van der Waals surface area contributed by atoms with Crippen molar-refractivity contribution < 1.29 is 13.3 Å². The van der Waals surface area contributed by atoms with Crippen LogP contribution in [0.15, 0.2) is 43.0 Å². The number of nitrogens with one attached hydrogen (secondary N) is 1. The summed E-state index contributed by atoms with van der Waals surface area (Å²) in [5.74, 6) is 0. The summed E-state index contributed by atoms with van der Waals surface area (Å²) in [6.07, 6.45) is 2.86. The maximum absolute atomic E-state index is 5.46. The first kappa shape index (κ1) is 20.0. The van der Waals surface area contributed by atoms with Gasteiger partial charge in [-0.2, -0.15) is 0 Å². The Kier molecular flexibility index (Phi) is 9.31. The molecule has 1 rings (SSSR count). The van der Waals surface area contributed by atoms with E-state index in [1.165, 1.54) is 5.56 Å². The highest BCUT2D eigenvalue weighted by Crippen LogP contribution is 2.17. The summed E-state index contributed by atoms with van der Waals surface area (Å²) in [5, 5.41) is 2.19. The molecule has 0 saturated heterocycles. The van der Waals surface area contributed by atoms with Crippen molar-refractivity contribution in [3.8, 4) is 0 Å². The lowest BCUT2D eigenvalue weighted by molar-refractivity contribution is 0.118. The molecule has 0 saturated carbocycles. The van der Waals surface area contributed by atoms with Gasteiger partial charge in [0, 0.05) is 40.5 Å². The normalized spacial score (nSPS) is 13.3. The number of benzene rings is 1. The number of hydrogen-bond donors (Lipinski definition) is 1. The highest BCUT2D eigenvalue weighted by Gasteiger charge is 2.37. The fraction of sp³-hybridized carbons (Fsp3) is 0.529. The van der Waals surface area contributed by atoms with Crippen LogP contribution in [0.5, 0.6) is 0 Å². The third kappa shape index (κ3) is 6.17. The van der Waals surface area contributed by atoms with Crippen LogP contribution in [0.4, 0.5) is 0 Å². The average Bonchev–Trinajstić information content (AvgIpc) is 2.62. The highest BCUT2D eigenvalue weighted by atomic mass is 28.4. The number of rotatable bonds is 12. The van der Waals surface area contributed by atoms with E-state index in [-0.39, 0.29) is 6.04 Å². The van der Waals surface area contributed by atoms with E-state index < -0.39 is 8.80 Å². The maximum atomic E-state index is 5.46. The highest BCUT2D eigenvalue weighted by molar-refractivity contribution is 6.60. The lowest BCUT2D eigenvalue weighted by atomic mass is 10.1. The van der Waals surface area contributed by atoms with Gasteiger partial charge in [-0.25, -0.2) is 10.4 Å². The first-order valence-electron chi connectivity index (χ1n) is 7.98. The number of nitrogens with zero attached hydrogens (tertiary/aromatic N) is 1. The molecule has 0 heterocycles. The molecule has 1 aromatic carbocycles. The van der Waals surface area contributed by atoms with Crippen LogP contribution in [0.2, 0.25) is 6.04 Å². The molecule has 0 aliphatic carbocycles. The van der Waals surface area contributed by atoms with Gasteiger partial charge in [0.2, 0.25) is 0 Å². The van der Waals surface area contributed by atoms with Crippen molar-refractivity contribution in [2.45, 2.75) is 25.4 Å². The van der Waals surface area contributed by atoms with Crippen molar-refractivity contribution in [2.75, 3.05) is 34.4 Å². The van der Waals surface area contributed by atoms with Crippen molar-refractivity contribution in [1.29, 1.82) is 0 Å². The van der Waals surface area contributed by atoms with Crippen LogP contribution < -0.4 is 5.43 Å². The van der Waals surface area contributed by atoms with Crippen LogP contribution in [0.1, 0.15) is 24.9 Å². The van der Waals surface area contributed by atoms with Crippen molar-refractivity contribution in [1.82, 2.24) is 10.4 Å². The van der Waals surface area contributed by atoms with E-state index in [4.69, 9.17) is 13.3 Å². The summed E-state index contributed by atoms with van der Waals surface area (Å²) in [6, 6.07) is 11.2. The van der Waals surface area contributed by atoms with E-state index in [1.807, 2.05) is 24.3 Å². The van der Waals surface area contributed by atoms with E-state index >= 15 is 0 Å². The molecule has 130 valence electrons. The summed E-state index contributed by atoms with van der Waals surface area (Å²) in [7, 11) is 2.47. The topological polar surface area (TPSA) is 43.0 Å². The smallest absolute Gasteiger partial charge is 0.377 e. The Hall–Kier alpha value is -1.02. The number of hydrogen-bond acceptors (Lipinski definition) is 5. The zero-order valence-corrected chi connectivity index (χ0v) is 15.7. The molecule has 0 aromatic heterocycles. The fourth-order valence-electron chi connectivity index (χ4n) is 2.48. The molecule has 0 aliphatic rings. The minimum Gasteiger partial charge on any atom is -0.377 e. The monoisotopic (exact) mass is 338 g/mol. The summed E-state index contributed by atoms with van der Waals surface area (Å²) >= 11 is 0. The number of hydrazine groups is 1. The second-order valence-corrected chi connectivity index (χ2v) is 8.32. The molecule has 0 aliphatic heterocycles. The molecule has 23 heavy (non-hydrogen) atoms. The van der Waals surface area contributed by atoms with Gasteiger partial charge in [0.15, 0.2) is 0 Å². The van der Waals surface area contributed by atoms with Gasteiger partial charge in [0.25, 0.3) is 0 Å². The summed E-state index contributed by atoms with van der Waals surface area (Å²) < 4.78 is 16.4. The third-order valence-electron chi connectivity index (χ3n) is 3.94. The molecule has 0 amide bonds. The van der Waals surface area contributed by atoms with Crippen LogP contribution in [0, 0.1) is 0 Å². The zero-order valence-electron chi connectivity index (χ0n) is 14.7. The molecule has 0 bridgehead atoms. The fourth-order valence-corrected chi connectivity index (χ4v) is 4.18. The van der Waals surface area contributed by atoms with E-state index in [9.17, 15) is 0 Å².